The van der Waals surface area contributed by atoms with Gasteiger partial charge < -0.3 is 19.7 Å². The standard InChI is InChI=1S/C22H30N2O2S/c1-25-20-10-9-18(17-21(20)26-2)11-13-23-12-5-14-24-15-6-16-27-22-8-4-3-7-19(22)24/h3-4,7-10,17,23H,5-6,11-16H2,1-2H3. The maximum Gasteiger partial charge on any atom is 0.160 e. The zero-order valence-corrected chi connectivity index (χ0v) is 17.2. The normalized spacial score (nSPS) is 13.8. The molecule has 146 valence electrons. The van der Waals surface area contributed by atoms with Crippen molar-refractivity contribution in [2.24, 2.45) is 0 Å². The fraction of sp³-hybridized carbons (Fsp3) is 0.455. The van der Waals surface area contributed by atoms with E-state index in [1.807, 2.05) is 17.8 Å². The van der Waals surface area contributed by atoms with E-state index in [0.717, 1.165) is 50.5 Å². The maximum atomic E-state index is 5.38. The molecule has 0 bridgehead atoms. The molecule has 0 amide bonds. The molecule has 1 aliphatic rings. The number of fused-ring (bicyclic) bond motifs is 1. The van der Waals surface area contributed by atoms with E-state index in [1.165, 1.54) is 28.3 Å². The van der Waals surface area contributed by atoms with Crippen LogP contribution in [0.4, 0.5) is 5.69 Å². The van der Waals surface area contributed by atoms with Crippen molar-refractivity contribution in [1.82, 2.24) is 5.32 Å². The third-order valence-electron chi connectivity index (χ3n) is 4.86. The SMILES string of the molecule is COc1ccc(CCNCCCN2CCCSc3ccccc32)cc1OC. The van der Waals surface area contributed by atoms with Gasteiger partial charge in [0.15, 0.2) is 11.5 Å². The lowest BCUT2D eigenvalue weighted by Gasteiger charge is -2.24. The van der Waals surface area contributed by atoms with Gasteiger partial charge in [0, 0.05) is 18.0 Å². The van der Waals surface area contributed by atoms with E-state index >= 15 is 0 Å². The molecule has 27 heavy (non-hydrogen) atoms. The fourth-order valence-corrected chi connectivity index (χ4v) is 4.43. The lowest BCUT2D eigenvalue weighted by atomic mass is 10.1. The molecule has 5 heteroatoms. The number of methoxy groups -OCH3 is 2. The first kappa shape index (κ1) is 19.9. The molecule has 3 rings (SSSR count). The predicted molar refractivity (Wildman–Crippen MR) is 115 cm³/mol. The van der Waals surface area contributed by atoms with Crippen molar-refractivity contribution in [2.45, 2.75) is 24.2 Å². The third-order valence-corrected chi connectivity index (χ3v) is 6.00. The number of thioether (sulfide) groups is 1. The first-order chi connectivity index (χ1) is 13.3. The summed E-state index contributed by atoms with van der Waals surface area (Å²) in [7, 11) is 3.35. The quantitative estimate of drug-likeness (QED) is 0.652. The van der Waals surface area contributed by atoms with Crippen LogP contribution in [0, 0.1) is 0 Å². The smallest absolute Gasteiger partial charge is 0.160 e. The average molecular weight is 387 g/mol. The molecule has 2 aromatic rings. The Bertz CT molecular complexity index is 723. The van der Waals surface area contributed by atoms with Gasteiger partial charge in [0.1, 0.15) is 0 Å². The van der Waals surface area contributed by atoms with Crippen molar-refractivity contribution in [3.8, 4) is 11.5 Å². The summed E-state index contributed by atoms with van der Waals surface area (Å²) in [5, 5.41) is 3.58. The monoisotopic (exact) mass is 386 g/mol. The van der Waals surface area contributed by atoms with Crippen molar-refractivity contribution in [2.75, 3.05) is 51.1 Å². The minimum atomic E-state index is 0.783. The van der Waals surface area contributed by atoms with E-state index in [4.69, 9.17) is 9.47 Å². The van der Waals surface area contributed by atoms with E-state index in [1.54, 1.807) is 14.2 Å². The summed E-state index contributed by atoms with van der Waals surface area (Å²) < 4.78 is 10.7. The van der Waals surface area contributed by atoms with Gasteiger partial charge in [0.05, 0.1) is 19.9 Å². The second-order valence-corrected chi connectivity index (χ2v) is 7.84. The Hall–Kier alpha value is -1.85. The lowest BCUT2D eigenvalue weighted by Crippen LogP contribution is -2.28. The highest BCUT2D eigenvalue weighted by Gasteiger charge is 2.14. The van der Waals surface area contributed by atoms with Crippen LogP contribution in [0.1, 0.15) is 18.4 Å². The van der Waals surface area contributed by atoms with E-state index in [-0.39, 0.29) is 0 Å². The molecule has 0 unspecified atom stereocenters. The zero-order valence-electron chi connectivity index (χ0n) is 16.4. The average Bonchev–Trinajstić information content (AvgIpc) is 2.92. The Labute approximate surface area is 167 Å². The number of ether oxygens (including phenoxy) is 2. The van der Waals surface area contributed by atoms with Crippen molar-refractivity contribution >= 4 is 17.4 Å². The molecule has 0 spiro atoms. The van der Waals surface area contributed by atoms with Crippen molar-refractivity contribution in [1.29, 1.82) is 0 Å². The molecule has 0 radical (unpaired) electrons. The molecule has 0 fully saturated rings. The zero-order chi connectivity index (χ0) is 18.9. The topological polar surface area (TPSA) is 33.7 Å². The fourth-order valence-electron chi connectivity index (χ4n) is 3.42. The maximum absolute atomic E-state index is 5.38. The predicted octanol–water partition coefficient (Wildman–Crippen LogP) is 4.23. The minimum Gasteiger partial charge on any atom is -0.493 e. The molecule has 1 aliphatic heterocycles. The Morgan fingerprint density at radius 2 is 1.89 bits per heavy atom. The van der Waals surface area contributed by atoms with Crippen LogP contribution in [0.2, 0.25) is 0 Å². The highest BCUT2D eigenvalue weighted by Crippen LogP contribution is 2.33. The molecule has 0 atom stereocenters. The third kappa shape index (κ3) is 5.56. The summed E-state index contributed by atoms with van der Waals surface area (Å²) in [6.07, 6.45) is 3.40. The van der Waals surface area contributed by atoms with Gasteiger partial charge in [0.25, 0.3) is 0 Å². The largest absolute Gasteiger partial charge is 0.493 e. The number of benzene rings is 2. The Balaban J connectivity index is 1.40. The van der Waals surface area contributed by atoms with Crippen molar-refractivity contribution in [3.05, 3.63) is 48.0 Å². The number of para-hydroxylation sites is 1. The molecule has 1 heterocycles. The molecule has 4 nitrogen and oxygen atoms in total. The molecule has 1 N–H and O–H groups in total. The number of nitrogens with one attached hydrogen (secondary N) is 1. The summed E-state index contributed by atoms with van der Waals surface area (Å²) in [5.41, 5.74) is 2.67. The highest BCUT2D eigenvalue weighted by atomic mass is 32.2. The summed E-state index contributed by atoms with van der Waals surface area (Å²) >= 11 is 1.99. The van der Waals surface area contributed by atoms with Gasteiger partial charge in [-0.3, -0.25) is 0 Å². The molecule has 0 aromatic heterocycles. The van der Waals surface area contributed by atoms with Crippen LogP contribution < -0.4 is 19.7 Å². The lowest BCUT2D eigenvalue weighted by molar-refractivity contribution is 0.354. The van der Waals surface area contributed by atoms with Gasteiger partial charge in [-0.25, -0.2) is 0 Å². The van der Waals surface area contributed by atoms with Gasteiger partial charge in [-0.15, -0.1) is 11.8 Å². The van der Waals surface area contributed by atoms with E-state index < -0.39 is 0 Å². The number of rotatable bonds is 9. The van der Waals surface area contributed by atoms with Crippen LogP contribution in [0.3, 0.4) is 0 Å². The summed E-state index contributed by atoms with van der Waals surface area (Å²) in [4.78, 5) is 3.97. The summed E-state index contributed by atoms with van der Waals surface area (Å²) in [6, 6.07) is 15.0. The number of hydrogen-bond acceptors (Lipinski definition) is 5. The molecular weight excluding hydrogens is 356 g/mol. The highest BCUT2D eigenvalue weighted by molar-refractivity contribution is 7.99. The van der Waals surface area contributed by atoms with Gasteiger partial charge in [-0.2, -0.15) is 0 Å². The molecule has 0 saturated carbocycles. The number of hydrogen-bond donors (Lipinski definition) is 1. The van der Waals surface area contributed by atoms with Crippen LogP contribution in [-0.2, 0) is 6.42 Å². The molecule has 0 aliphatic carbocycles. The number of anilines is 1. The van der Waals surface area contributed by atoms with Crippen LogP contribution in [0.25, 0.3) is 0 Å². The number of nitrogens with zero attached hydrogens (tertiary/aromatic N) is 1. The van der Waals surface area contributed by atoms with Gasteiger partial charge >= 0.3 is 0 Å². The molecule has 2 aromatic carbocycles. The Morgan fingerprint density at radius 3 is 2.74 bits per heavy atom. The summed E-state index contributed by atoms with van der Waals surface area (Å²) in [6.45, 7) is 4.29. The minimum absolute atomic E-state index is 0.783. The summed E-state index contributed by atoms with van der Waals surface area (Å²) in [5.74, 6) is 2.80. The second-order valence-electron chi connectivity index (χ2n) is 6.70. The van der Waals surface area contributed by atoms with Gasteiger partial charge in [0.2, 0.25) is 0 Å². The van der Waals surface area contributed by atoms with Crippen LogP contribution in [0.5, 0.6) is 11.5 Å². The molecule has 0 saturated heterocycles. The van der Waals surface area contributed by atoms with E-state index in [2.05, 4.69) is 46.6 Å². The van der Waals surface area contributed by atoms with Crippen molar-refractivity contribution in [3.63, 3.8) is 0 Å². The van der Waals surface area contributed by atoms with Gasteiger partial charge in [-0.05, 0) is 67.9 Å². The second kappa shape index (κ2) is 10.5. The molecular formula is C22H30N2O2S. The first-order valence-corrected chi connectivity index (χ1v) is 10.7. The van der Waals surface area contributed by atoms with Crippen LogP contribution in [-0.4, -0.2) is 46.2 Å². The van der Waals surface area contributed by atoms with E-state index in [0.29, 0.717) is 0 Å². The van der Waals surface area contributed by atoms with Crippen molar-refractivity contribution < 1.29 is 9.47 Å². The van der Waals surface area contributed by atoms with Crippen LogP contribution >= 0.6 is 11.8 Å². The van der Waals surface area contributed by atoms with E-state index in [9.17, 15) is 0 Å². The Kier molecular flexibility index (Phi) is 7.72. The van der Waals surface area contributed by atoms with Crippen LogP contribution in [0.15, 0.2) is 47.4 Å². The first-order valence-electron chi connectivity index (χ1n) is 9.70. The van der Waals surface area contributed by atoms with Gasteiger partial charge in [-0.1, -0.05) is 18.2 Å². The Morgan fingerprint density at radius 1 is 1.04 bits per heavy atom.